The zero-order valence-electron chi connectivity index (χ0n) is 17.8. The van der Waals surface area contributed by atoms with Gasteiger partial charge in [0.1, 0.15) is 0 Å². The van der Waals surface area contributed by atoms with Crippen molar-refractivity contribution in [2.24, 2.45) is 0 Å². The first-order valence-corrected chi connectivity index (χ1v) is 11.4. The van der Waals surface area contributed by atoms with E-state index in [1.165, 1.54) is 23.2 Å². The predicted molar refractivity (Wildman–Crippen MR) is 116 cm³/mol. The van der Waals surface area contributed by atoms with Crippen molar-refractivity contribution in [1.82, 2.24) is 29.8 Å². The van der Waals surface area contributed by atoms with E-state index in [4.69, 9.17) is 0 Å². The van der Waals surface area contributed by atoms with Crippen LogP contribution in [0.2, 0.25) is 0 Å². The van der Waals surface area contributed by atoms with Crippen molar-refractivity contribution in [3.63, 3.8) is 0 Å². The average molecular weight is 443 g/mol. The molecule has 3 rings (SSSR count). The number of amides is 1. The lowest BCUT2D eigenvalue weighted by molar-refractivity contribution is -0.121. The van der Waals surface area contributed by atoms with Crippen LogP contribution in [-0.4, -0.2) is 52.9 Å². The van der Waals surface area contributed by atoms with Gasteiger partial charge < -0.3 is 5.32 Å². The Morgan fingerprint density at radius 2 is 1.77 bits per heavy atom. The molecule has 1 unspecified atom stereocenters. The number of sulfonamides is 1. The molecule has 31 heavy (non-hydrogen) atoms. The molecule has 164 valence electrons. The second-order valence-electron chi connectivity index (χ2n) is 7.32. The Kier molecular flexibility index (Phi) is 7.13. The van der Waals surface area contributed by atoms with Gasteiger partial charge >= 0.3 is 0 Å². The number of tetrazole rings is 1. The third-order valence-electron chi connectivity index (χ3n) is 4.78. The maximum atomic E-state index is 12.3. The first-order valence-electron chi connectivity index (χ1n) is 9.92. The predicted octanol–water partition coefficient (Wildman–Crippen LogP) is 2.25. The van der Waals surface area contributed by atoms with Crippen molar-refractivity contribution in [3.05, 3.63) is 60.2 Å². The van der Waals surface area contributed by atoms with Crippen molar-refractivity contribution in [2.75, 3.05) is 14.1 Å². The zero-order valence-corrected chi connectivity index (χ0v) is 18.6. The number of hydrogen-bond donors (Lipinski definition) is 1. The molecule has 0 spiro atoms. The van der Waals surface area contributed by atoms with Gasteiger partial charge in [0.25, 0.3) is 0 Å². The molecule has 0 bridgehead atoms. The molecule has 0 radical (unpaired) electrons. The standard InChI is InChI=1S/C21H26N6O3S/c1-16(17-11-13-19(14-12-17)31(29,30)26(2)3)22-20(28)10-7-15-27-24-21(23-25-27)18-8-5-4-6-9-18/h4-6,8-9,11-14,16H,7,10,15H2,1-3H3,(H,22,28). The van der Waals surface area contributed by atoms with E-state index < -0.39 is 10.0 Å². The number of nitrogens with one attached hydrogen (secondary N) is 1. The summed E-state index contributed by atoms with van der Waals surface area (Å²) in [5.41, 5.74) is 1.72. The number of rotatable bonds is 9. The first kappa shape index (κ1) is 22.6. The van der Waals surface area contributed by atoms with E-state index >= 15 is 0 Å². The zero-order chi connectivity index (χ0) is 22.4. The Hall–Kier alpha value is -3.11. The van der Waals surface area contributed by atoms with E-state index in [0.717, 1.165) is 11.1 Å². The van der Waals surface area contributed by atoms with E-state index in [-0.39, 0.29) is 16.8 Å². The summed E-state index contributed by atoms with van der Waals surface area (Å²) in [6.07, 6.45) is 0.892. The number of nitrogens with zero attached hydrogens (tertiary/aromatic N) is 5. The second-order valence-corrected chi connectivity index (χ2v) is 9.48. The van der Waals surface area contributed by atoms with Crippen molar-refractivity contribution >= 4 is 15.9 Å². The molecule has 0 aliphatic rings. The van der Waals surface area contributed by atoms with Gasteiger partial charge in [-0.2, -0.15) is 4.80 Å². The van der Waals surface area contributed by atoms with Gasteiger partial charge in [0.2, 0.25) is 21.8 Å². The highest BCUT2D eigenvalue weighted by molar-refractivity contribution is 7.89. The molecule has 9 nitrogen and oxygen atoms in total. The summed E-state index contributed by atoms with van der Waals surface area (Å²) in [7, 11) is -0.491. The van der Waals surface area contributed by atoms with Gasteiger partial charge in [-0.15, -0.1) is 10.2 Å². The van der Waals surface area contributed by atoms with Crippen LogP contribution in [0.1, 0.15) is 31.4 Å². The van der Waals surface area contributed by atoms with Crippen molar-refractivity contribution in [1.29, 1.82) is 0 Å². The molecule has 1 aromatic heterocycles. The smallest absolute Gasteiger partial charge is 0.242 e. The number of benzene rings is 2. The van der Waals surface area contributed by atoms with Crippen LogP contribution >= 0.6 is 0 Å². The summed E-state index contributed by atoms with van der Waals surface area (Å²) in [5.74, 6) is 0.458. The number of hydrogen-bond acceptors (Lipinski definition) is 6. The Balaban J connectivity index is 1.48. The Labute approximate surface area is 182 Å². The maximum Gasteiger partial charge on any atom is 0.242 e. The van der Waals surface area contributed by atoms with Crippen molar-refractivity contribution in [3.8, 4) is 11.4 Å². The monoisotopic (exact) mass is 442 g/mol. The van der Waals surface area contributed by atoms with Crippen LogP contribution in [0.4, 0.5) is 0 Å². The van der Waals surface area contributed by atoms with Gasteiger partial charge in [0, 0.05) is 26.1 Å². The van der Waals surface area contributed by atoms with Gasteiger partial charge in [-0.05, 0) is 36.3 Å². The van der Waals surface area contributed by atoms with Crippen LogP contribution in [0.15, 0.2) is 59.5 Å². The van der Waals surface area contributed by atoms with Crippen LogP contribution in [0.5, 0.6) is 0 Å². The molecule has 1 atom stereocenters. The molecule has 2 aromatic carbocycles. The molecule has 10 heteroatoms. The first-order chi connectivity index (χ1) is 14.8. The molecule has 3 aromatic rings. The van der Waals surface area contributed by atoms with Gasteiger partial charge in [-0.3, -0.25) is 4.79 Å². The van der Waals surface area contributed by atoms with Crippen LogP contribution < -0.4 is 5.32 Å². The molecule has 0 aliphatic heterocycles. The highest BCUT2D eigenvalue weighted by Gasteiger charge is 2.17. The Bertz CT molecular complexity index is 1110. The number of carbonyl (C=O) groups is 1. The molecular formula is C21H26N6O3S. The lowest BCUT2D eigenvalue weighted by Gasteiger charge is -2.16. The fraction of sp³-hybridized carbons (Fsp3) is 0.333. The van der Waals surface area contributed by atoms with Gasteiger partial charge in [-0.1, -0.05) is 42.5 Å². The summed E-state index contributed by atoms with van der Waals surface area (Å²) in [4.78, 5) is 14.0. The Morgan fingerprint density at radius 1 is 1.10 bits per heavy atom. The van der Waals surface area contributed by atoms with E-state index in [0.29, 0.717) is 25.2 Å². The van der Waals surface area contributed by atoms with Gasteiger partial charge in [0.15, 0.2) is 0 Å². The molecular weight excluding hydrogens is 416 g/mol. The summed E-state index contributed by atoms with van der Waals surface area (Å²) >= 11 is 0. The summed E-state index contributed by atoms with van der Waals surface area (Å²) in [6.45, 7) is 2.34. The van der Waals surface area contributed by atoms with Crippen LogP contribution in [0.3, 0.4) is 0 Å². The minimum absolute atomic E-state index is 0.0964. The molecule has 0 saturated heterocycles. The molecule has 1 heterocycles. The van der Waals surface area contributed by atoms with Crippen molar-refractivity contribution < 1.29 is 13.2 Å². The summed E-state index contributed by atoms with van der Waals surface area (Å²) < 4.78 is 25.5. The highest BCUT2D eigenvalue weighted by atomic mass is 32.2. The summed E-state index contributed by atoms with van der Waals surface area (Å²) in [5, 5.41) is 15.3. The fourth-order valence-corrected chi connectivity index (χ4v) is 3.86. The SMILES string of the molecule is CC(NC(=O)CCCn1nnc(-c2ccccc2)n1)c1ccc(S(=O)(=O)N(C)C)cc1. The van der Waals surface area contributed by atoms with Crippen LogP contribution in [0, 0.1) is 0 Å². The van der Waals surface area contributed by atoms with Crippen molar-refractivity contribution in [2.45, 2.75) is 37.2 Å². The van der Waals surface area contributed by atoms with E-state index in [1.807, 2.05) is 37.3 Å². The number of aromatic nitrogens is 4. The topological polar surface area (TPSA) is 110 Å². The highest BCUT2D eigenvalue weighted by Crippen LogP contribution is 2.18. The molecule has 0 fully saturated rings. The molecule has 1 N–H and O–H groups in total. The average Bonchev–Trinajstić information content (AvgIpc) is 3.23. The number of aryl methyl sites for hydroxylation is 1. The lowest BCUT2D eigenvalue weighted by Crippen LogP contribution is -2.27. The van der Waals surface area contributed by atoms with Gasteiger partial charge in [0.05, 0.1) is 17.5 Å². The van der Waals surface area contributed by atoms with E-state index in [9.17, 15) is 13.2 Å². The third kappa shape index (κ3) is 5.74. The molecule has 0 saturated carbocycles. The van der Waals surface area contributed by atoms with E-state index in [1.54, 1.807) is 24.3 Å². The molecule has 0 aliphatic carbocycles. The largest absolute Gasteiger partial charge is 0.350 e. The Morgan fingerprint density at radius 3 is 2.42 bits per heavy atom. The summed E-state index contributed by atoms with van der Waals surface area (Å²) in [6, 6.07) is 15.9. The third-order valence-corrected chi connectivity index (χ3v) is 6.61. The lowest BCUT2D eigenvalue weighted by atomic mass is 10.1. The van der Waals surface area contributed by atoms with Crippen LogP contribution in [-0.2, 0) is 21.4 Å². The minimum atomic E-state index is -3.47. The minimum Gasteiger partial charge on any atom is -0.350 e. The second kappa shape index (κ2) is 9.80. The quantitative estimate of drug-likeness (QED) is 0.544. The van der Waals surface area contributed by atoms with Crippen LogP contribution in [0.25, 0.3) is 11.4 Å². The number of carbonyl (C=O) groups excluding carboxylic acids is 1. The molecule has 1 amide bonds. The fourth-order valence-electron chi connectivity index (χ4n) is 2.96. The van der Waals surface area contributed by atoms with Gasteiger partial charge in [-0.25, -0.2) is 12.7 Å². The maximum absolute atomic E-state index is 12.3. The normalized spacial score (nSPS) is 12.6. The van der Waals surface area contributed by atoms with E-state index in [2.05, 4.69) is 20.7 Å².